The average molecular weight is 477 g/mol. The predicted molar refractivity (Wildman–Crippen MR) is 149 cm³/mol. The van der Waals surface area contributed by atoms with Crippen molar-refractivity contribution in [3.8, 4) is 5.75 Å². The number of aryl methyl sites for hydroxylation is 2. The first-order valence-electron chi connectivity index (χ1n) is 12.5. The standard InChI is InChI=1S/C31H40O2S/c1-21-16-22(2)29-12-13-31(5,19-30(29)24(21)4)14-15-34(7,32)20-23(3)25-8-9-27-18-28(33-6)11-10-26(27)17-25/h8-11,16-18,23H,7,12-15,19-20H2,1-6H3. The van der Waals surface area contributed by atoms with Crippen molar-refractivity contribution in [2.45, 2.75) is 66.2 Å². The first kappa shape index (κ1) is 24.9. The Morgan fingerprint density at radius 2 is 1.74 bits per heavy atom. The maximum atomic E-state index is 13.6. The fourth-order valence-electron chi connectivity index (χ4n) is 5.71. The van der Waals surface area contributed by atoms with Crippen LogP contribution < -0.4 is 4.74 Å². The number of benzene rings is 3. The molecule has 0 N–H and O–H groups in total. The lowest BCUT2D eigenvalue weighted by molar-refractivity contribution is 0.268. The molecule has 4 rings (SSSR count). The first-order chi connectivity index (χ1) is 16.0. The van der Waals surface area contributed by atoms with E-state index < -0.39 is 9.52 Å². The quantitative estimate of drug-likeness (QED) is 0.338. The lowest BCUT2D eigenvalue weighted by atomic mass is 9.69. The summed E-state index contributed by atoms with van der Waals surface area (Å²) in [6.07, 6.45) is 4.37. The minimum absolute atomic E-state index is 0.198. The van der Waals surface area contributed by atoms with Crippen molar-refractivity contribution in [3.63, 3.8) is 0 Å². The Labute approximate surface area is 206 Å². The maximum Gasteiger partial charge on any atom is 0.119 e. The van der Waals surface area contributed by atoms with Crippen LogP contribution in [0.2, 0.25) is 0 Å². The third kappa shape index (κ3) is 5.20. The number of fused-ring (bicyclic) bond motifs is 2. The maximum absolute atomic E-state index is 13.6. The summed E-state index contributed by atoms with van der Waals surface area (Å²) < 4.78 is 18.9. The van der Waals surface area contributed by atoms with Crippen LogP contribution in [0, 0.1) is 26.2 Å². The molecule has 3 aromatic carbocycles. The van der Waals surface area contributed by atoms with Crippen LogP contribution in [0.1, 0.15) is 66.0 Å². The molecule has 34 heavy (non-hydrogen) atoms. The van der Waals surface area contributed by atoms with Gasteiger partial charge in [0.1, 0.15) is 5.75 Å². The Morgan fingerprint density at radius 3 is 2.47 bits per heavy atom. The lowest BCUT2D eigenvalue weighted by Crippen LogP contribution is -2.30. The monoisotopic (exact) mass is 476 g/mol. The fourth-order valence-corrected chi connectivity index (χ4v) is 7.84. The first-order valence-corrected chi connectivity index (χ1v) is 14.6. The second-order valence-corrected chi connectivity index (χ2v) is 13.7. The van der Waals surface area contributed by atoms with Crippen LogP contribution in [0.3, 0.4) is 0 Å². The molecule has 3 atom stereocenters. The number of ether oxygens (including phenoxy) is 1. The molecule has 0 fully saturated rings. The molecule has 3 aromatic rings. The summed E-state index contributed by atoms with van der Waals surface area (Å²) >= 11 is 0. The molecule has 0 aliphatic heterocycles. The zero-order valence-corrected chi connectivity index (χ0v) is 22.6. The lowest BCUT2D eigenvalue weighted by Gasteiger charge is -2.37. The molecule has 3 heteroatoms. The van der Waals surface area contributed by atoms with E-state index in [1.165, 1.54) is 34.1 Å². The molecule has 1 aliphatic rings. The molecule has 0 amide bonds. The Hall–Kier alpha value is -2.26. The van der Waals surface area contributed by atoms with Gasteiger partial charge in [-0.25, -0.2) is 0 Å². The smallest absolute Gasteiger partial charge is 0.119 e. The number of hydrogen-bond donors (Lipinski definition) is 0. The van der Waals surface area contributed by atoms with Gasteiger partial charge in [0, 0.05) is 11.5 Å². The predicted octanol–water partition coefficient (Wildman–Crippen LogP) is 7.18. The molecule has 0 spiro atoms. The molecular formula is C31H40O2S. The van der Waals surface area contributed by atoms with Crippen LogP contribution in [-0.2, 0) is 22.4 Å². The van der Waals surface area contributed by atoms with Crippen molar-refractivity contribution >= 4 is 26.2 Å². The second-order valence-electron chi connectivity index (χ2n) is 11.0. The SMILES string of the molecule is C=S(=O)(CCC1(C)CCc2c(C)cc(C)c(C)c2C1)CC(C)c1ccc2cc(OC)ccc2c1. The Bertz CT molecular complexity index is 1320. The van der Waals surface area contributed by atoms with Gasteiger partial charge in [0.2, 0.25) is 0 Å². The van der Waals surface area contributed by atoms with Gasteiger partial charge in [0.05, 0.1) is 7.11 Å². The summed E-state index contributed by atoms with van der Waals surface area (Å²) in [7, 11) is -0.462. The van der Waals surface area contributed by atoms with Crippen LogP contribution in [0.4, 0.5) is 0 Å². The Balaban J connectivity index is 1.44. The second kappa shape index (κ2) is 9.41. The van der Waals surface area contributed by atoms with E-state index >= 15 is 0 Å². The summed E-state index contributed by atoms with van der Waals surface area (Å²) in [4.78, 5) is 0. The van der Waals surface area contributed by atoms with Gasteiger partial charge in [-0.3, -0.25) is 4.21 Å². The van der Waals surface area contributed by atoms with Gasteiger partial charge in [-0.15, -0.1) is 0 Å². The molecule has 0 saturated heterocycles. The molecule has 3 unspecified atom stereocenters. The van der Waals surface area contributed by atoms with Crippen molar-refractivity contribution in [1.29, 1.82) is 0 Å². The Kier molecular flexibility index (Phi) is 6.88. The largest absolute Gasteiger partial charge is 0.497 e. The van der Waals surface area contributed by atoms with Crippen LogP contribution in [0.5, 0.6) is 5.75 Å². The highest BCUT2D eigenvalue weighted by molar-refractivity contribution is 8.00. The summed E-state index contributed by atoms with van der Waals surface area (Å²) in [5.41, 5.74) is 8.80. The van der Waals surface area contributed by atoms with Crippen molar-refractivity contribution < 1.29 is 8.95 Å². The third-order valence-corrected chi connectivity index (χ3v) is 10.2. The van der Waals surface area contributed by atoms with Crippen LogP contribution in [0.25, 0.3) is 10.8 Å². The van der Waals surface area contributed by atoms with Crippen LogP contribution >= 0.6 is 0 Å². The van der Waals surface area contributed by atoms with Gasteiger partial charge in [0.15, 0.2) is 0 Å². The van der Waals surface area contributed by atoms with Crippen LogP contribution in [-0.4, -0.2) is 28.7 Å². The highest BCUT2D eigenvalue weighted by Gasteiger charge is 2.32. The fraction of sp³-hybridized carbons (Fsp3) is 0.452. The van der Waals surface area contributed by atoms with Gasteiger partial charge < -0.3 is 4.74 Å². The third-order valence-electron chi connectivity index (χ3n) is 8.17. The van der Waals surface area contributed by atoms with E-state index in [-0.39, 0.29) is 11.3 Å². The van der Waals surface area contributed by atoms with Gasteiger partial charge >= 0.3 is 0 Å². The van der Waals surface area contributed by atoms with Gasteiger partial charge in [-0.05, 0) is 129 Å². The highest BCUT2D eigenvalue weighted by atomic mass is 32.2. The Morgan fingerprint density at radius 1 is 1.03 bits per heavy atom. The molecule has 0 saturated carbocycles. The van der Waals surface area contributed by atoms with E-state index in [2.05, 4.69) is 76.9 Å². The van der Waals surface area contributed by atoms with Crippen molar-refractivity contribution in [1.82, 2.24) is 0 Å². The minimum Gasteiger partial charge on any atom is -0.497 e. The van der Waals surface area contributed by atoms with E-state index in [0.29, 0.717) is 11.5 Å². The van der Waals surface area contributed by atoms with Gasteiger partial charge in [-0.1, -0.05) is 44.2 Å². The molecule has 2 nitrogen and oxygen atoms in total. The molecule has 182 valence electrons. The summed E-state index contributed by atoms with van der Waals surface area (Å²) in [5, 5.41) is 2.35. The van der Waals surface area contributed by atoms with Crippen molar-refractivity contribution in [2.24, 2.45) is 5.41 Å². The molecule has 0 bridgehead atoms. The zero-order valence-electron chi connectivity index (χ0n) is 21.8. The summed E-state index contributed by atoms with van der Waals surface area (Å²) in [6.45, 7) is 11.3. The van der Waals surface area contributed by atoms with Crippen LogP contribution in [0.15, 0.2) is 42.5 Å². The van der Waals surface area contributed by atoms with E-state index in [4.69, 9.17) is 4.74 Å². The summed E-state index contributed by atoms with van der Waals surface area (Å²) in [5.74, 6) is 6.66. The molecule has 1 aliphatic carbocycles. The van der Waals surface area contributed by atoms with E-state index in [1.54, 1.807) is 18.2 Å². The molecule has 0 aromatic heterocycles. The molecule has 0 heterocycles. The zero-order chi connectivity index (χ0) is 24.7. The molecular weight excluding hydrogens is 436 g/mol. The topological polar surface area (TPSA) is 26.3 Å². The van der Waals surface area contributed by atoms with E-state index in [9.17, 15) is 4.21 Å². The highest BCUT2D eigenvalue weighted by Crippen LogP contribution is 2.41. The summed E-state index contributed by atoms with van der Waals surface area (Å²) in [6, 6.07) is 15.0. The van der Waals surface area contributed by atoms with Gasteiger partial charge in [-0.2, -0.15) is 0 Å². The molecule has 0 radical (unpaired) electrons. The normalized spacial score (nSPS) is 20.5. The van der Waals surface area contributed by atoms with E-state index in [1.807, 2.05) is 6.07 Å². The minimum atomic E-state index is -2.15. The number of rotatable bonds is 7. The van der Waals surface area contributed by atoms with E-state index in [0.717, 1.165) is 30.4 Å². The number of methoxy groups -OCH3 is 1. The number of hydrogen-bond acceptors (Lipinski definition) is 2. The average Bonchev–Trinajstić information content (AvgIpc) is 2.80. The van der Waals surface area contributed by atoms with Gasteiger partial charge in [0.25, 0.3) is 0 Å². The van der Waals surface area contributed by atoms with Crippen molar-refractivity contribution in [2.75, 3.05) is 18.6 Å². The van der Waals surface area contributed by atoms with Crippen molar-refractivity contribution in [3.05, 3.63) is 75.8 Å².